The molecule has 2 heterocycles. The Morgan fingerprint density at radius 3 is 2.52 bits per heavy atom. The van der Waals surface area contributed by atoms with Gasteiger partial charge < -0.3 is 10.2 Å². The number of benzene rings is 1. The van der Waals surface area contributed by atoms with Gasteiger partial charge in [-0.2, -0.15) is 0 Å². The normalized spacial score (nSPS) is 19.4. The van der Waals surface area contributed by atoms with Crippen LogP contribution in [0.2, 0.25) is 0 Å². The molecule has 8 heteroatoms. The van der Waals surface area contributed by atoms with Gasteiger partial charge in [-0.25, -0.2) is 8.42 Å². The van der Waals surface area contributed by atoms with E-state index in [-0.39, 0.29) is 35.2 Å². The van der Waals surface area contributed by atoms with Gasteiger partial charge in [0.25, 0.3) is 5.91 Å². The number of hydrogen-bond donors (Lipinski definition) is 1. The number of amides is 1. The van der Waals surface area contributed by atoms with Crippen molar-refractivity contribution in [3.63, 3.8) is 0 Å². The SMILES string of the molecule is CCN(C(=O)c1ccc(NC(C)c2ccccc2)nn1)C1CCS(=O)(=O)C1. The highest BCUT2D eigenvalue weighted by Gasteiger charge is 2.34. The molecule has 0 aliphatic carbocycles. The minimum absolute atomic E-state index is 0.0221. The molecule has 2 unspecified atom stereocenters. The largest absolute Gasteiger partial charge is 0.362 e. The second-order valence-electron chi connectivity index (χ2n) is 6.73. The summed E-state index contributed by atoms with van der Waals surface area (Å²) in [5.74, 6) is 0.450. The van der Waals surface area contributed by atoms with Crippen LogP contribution in [0.4, 0.5) is 5.82 Å². The van der Waals surface area contributed by atoms with E-state index in [4.69, 9.17) is 0 Å². The Morgan fingerprint density at radius 1 is 1.22 bits per heavy atom. The number of nitrogens with one attached hydrogen (secondary N) is 1. The Kier molecular flexibility index (Phi) is 5.74. The molecule has 0 spiro atoms. The highest BCUT2D eigenvalue weighted by atomic mass is 32.2. The van der Waals surface area contributed by atoms with Gasteiger partial charge in [0.15, 0.2) is 15.5 Å². The van der Waals surface area contributed by atoms with Gasteiger partial charge in [-0.05, 0) is 38.0 Å². The van der Waals surface area contributed by atoms with Gasteiger partial charge in [0.2, 0.25) is 0 Å². The smallest absolute Gasteiger partial charge is 0.274 e. The van der Waals surface area contributed by atoms with Crippen LogP contribution in [0.1, 0.15) is 42.4 Å². The van der Waals surface area contributed by atoms with Gasteiger partial charge in [-0.3, -0.25) is 4.79 Å². The molecule has 1 aliphatic rings. The fourth-order valence-electron chi connectivity index (χ4n) is 3.31. The van der Waals surface area contributed by atoms with Gasteiger partial charge in [0.05, 0.1) is 11.5 Å². The van der Waals surface area contributed by atoms with Crippen LogP contribution < -0.4 is 5.32 Å². The van der Waals surface area contributed by atoms with Gasteiger partial charge in [0, 0.05) is 18.6 Å². The van der Waals surface area contributed by atoms with E-state index in [1.54, 1.807) is 17.0 Å². The zero-order valence-corrected chi connectivity index (χ0v) is 16.3. The fourth-order valence-corrected chi connectivity index (χ4v) is 5.04. The van der Waals surface area contributed by atoms with Crippen molar-refractivity contribution >= 4 is 21.6 Å². The summed E-state index contributed by atoms with van der Waals surface area (Å²) in [6, 6.07) is 13.1. The van der Waals surface area contributed by atoms with Crippen LogP contribution in [0, 0.1) is 0 Å². The molecule has 3 rings (SSSR count). The van der Waals surface area contributed by atoms with Crippen molar-refractivity contribution in [3.05, 3.63) is 53.7 Å². The average Bonchev–Trinajstić information content (AvgIpc) is 3.03. The van der Waals surface area contributed by atoms with E-state index in [0.717, 1.165) is 5.56 Å². The summed E-state index contributed by atoms with van der Waals surface area (Å²) in [5.41, 5.74) is 1.35. The predicted molar refractivity (Wildman–Crippen MR) is 104 cm³/mol. The molecular formula is C19H24N4O3S. The molecule has 1 N–H and O–H groups in total. The zero-order valence-electron chi connectivity index (χ0n) is 15.5. The minimum atomic E-state index is -3.05. The van der Waals surface area contributed by atoms with Crippen molar-refractivity contribution < 1.29 is 13.2 Å². The molecule has 1 fully saturated rings. The van der Waals surface area contributed by atoms with E-state index in [1.807, 2.05) is 44.2 Å². The first-order valence-corrected chi connectivity index (χ1v) is 10.9. The third-order valence-corrected chi connectivity index (χ3v) is 6.55. The third-order valence-electron chi connectivity index (χ3n) is 4.80. The van der Waals surface area contributed by atoms with E-state index in [9.17, 15) is 13.2 Å². The van der Waals surface area contributed by atoms with Crippen LogP contribution in [0.25, 0.3) is 0 Å². The van der Waals surface area contributed by atoms with E-state index in [1.165, 1.54) is 0 Å². The monoisotopic (exact) mass is 388 g/mol. The molecular weight excluding hydrogens is 364 g/mol. The summed E-state index contributed by atoms with van der Waals surface area (Å²) in [5, 5.41) is 11.4. The molecule has 0 radical (unpaired) electrons. The number of nitrogens with zero attached hydrogens (tertiary/aromatic N) is 3. The molecule has 2 atom stereocenters. The van der Waals surface area contributed by atoms with E-state index in [2.05, 4.69) is 15.5 Å². The van der Waals surface area contributed by atoms with Gasteiger partial charge in [0.1, 0.15) is 5.82 Å². The summed E-state index contributed by atoms with van der Waals surface area (Å²) >= 11 is 0. The van der Waals surface area contributed by atoms with Crippen molar-refractivity contribution in [2.24, 2.45) is 0 Å². The highest BCUT2D eigenvalue weighted by Crippen LogP contribution is 2.20. The number of carbonyl (C=O) groups is 1. The Bertz CT molecular complexity index is 885. The molecule has 0 bridgehead atoms. The Balaban J connectivity index is 1.68. The lowest BCUT2D eigenvalue weighted by Crippen LogP contribution is -2.41. The molecule has 1 aliphatic heterocycles. The highest BCUT2D eigenvalue weighted by molar-refractivity contribution is 7.91. The molecule has 1 saturated heterocycles. The maximum atomic E-state index is 12.7. The quantitative estimate of drug-likeness (QED) is 0.816. The molecule has 7 nitrogen and oxygen atoms in total. The lowest BCUT2D eigenvalue weighted by Gasteiger charge is -2.26. The summed E-state index contributed by atoms with van der Waals surface area (Å²) in [6.07, 6.45) is 0.476. The number of carbonyl (C=O) groups excluding carboxylic acids is 1. The van der Waals surface area contributed by atoms with Crippen molar-refractivity contribution in [2.75, 3.05) is 23.4 Å². The number of hydrogen-bond acceptors (Lipinski definition) is 6. The van der Waals surface area contributed by atoms with Crippen LogP contribution in [-0.4, -0.2) is 53.5 Å². The molecule has 1 aromatic heterocycles. The standard InChI is InChI=1S/C19H24N4O3S/c1-3-23(16-11-12-27(25,26)13-16)19(24)17-9-10-18(22-21-17)20-14(2)15-7-5-4-6-8-15/h4-10,14,16H,3,11-13H2,1-2H3,(H,20,22). The van der Waals surface area contributed by atoms with Crippen molar-refractivity contribution in [3.8, 4) is 0 Å². The van der Waals surface area contributed by atoms with Crippen LogP contribution in [-0.2, 0) is 9.84 Å². The van der Waals surface area contributed by atoms with Crippen molar-refractivity contribution in [1.29, 1.82) is 0 Å². The average molecular weight is 388 g/mol. The van der Waals surface area contributed by atoms with Crippen LogP contribution in [0.3, 0.4) is 0 Å². The molecule has 27 heavy (non-hydrogen) atoms. The zero-order chi connectivity index (χ0) is 19.4. The molecule has 2 aromatic rings. The summed E-state index contributed by atoms with van der Waals surface area (Å²) < 4.78 is 23.4. The topological polar surface area (TPSA) is 92.3 Å². The van der Waals surface area contributed by atoms with Gasteiger partial charge >= 0.3 is 0 Å². The van der Waals surface area contributed by atoms with E-state index in [0.29, 0.717) is 18.8 Å². The molecule has 0 saturated carbocycles. The number of anilines is 1. The van der Waals surface area contributed by atoms with Crippen molar-refractivity contribution in [2.45, 2.75) is 32.4 Å². The van der Waals surface area contributed by atoms with E-state index >= 15 is 0 Å². The maximum absolute atomic E-state index is 12.7. The Labute approximate surface area is 159 Å². The summed E-state index contributed by atoms with van der Waals surface area (Å²) in [7, 11) is -3.05. The van der Waals surface area contributed by atoms with Gasteiger partial charge in [-0.15, -0.1) is 10.2 Å². The summed E-state index contributed by atoms with van der Waals surface area (Å²) in [6.45, 7) is 4.30. The van der Waals surface area contributed by atoms with Crippen LogP contribution >= 0.6 is 0 Å². The predicted octanol–water partition coefficient (Wildman–Crippen LogP) is 2.30. The lowest BCUT2D eigenvalue weighted by molar-refractivity contribution is 0.0701. The fraction of sp³-hybridized carbons (Fsp3) is 0.421. The number of sulfone groups is 1. The molecule has 144 valence electrons. The lowest BCUT2D eigenvalue weighted by atomic mass is 10.1. The van der Waals surface area contributed by atoms with E-state index < -0.39 is 9.84 Å². The molecule has 1 amide bonds. The second-order valence-corrected chi connectivity index (χ2v) is 8.96. The van der Waals surface area contributed by atoms with Crippen LogP contribution in [0.5, 0.6) is 0 Å². The first-order valence-electron chi connectivity index (χ1n) is 9.06. The van der Waals surface area contributed by atoms with Crippen molar-refractivity contribution in [1.82, 2.24) is 15.1 Å². The molecule has 1 aromatic carbocycles. The summed E-state index contributed by atoms with van der Waals surface area (Å²) in [4.78, 5) is 14.3. The number of rotatable bonds is 6. The maximum Gasteiger partial charge on any atom is 0.274 e. The Hall–Kier alpha value is -2.48. The Morgan fingerprint density at radius 2 is 1.96 bits per heavy atom. The van der Waals surface area contributed by atoms with Gasteiger partial charge in [-0.1, -0.05) is 30.3 Å². The first kappa shape index (κ1) is 19.3. The second kappa shape index (κ2) is 8.04. The first-order chi connectivity index (χ1) is 12.9. The minimum Gasteiger partial charge on any atom is -0.362 e. The number of aromatic nitrogens is 2. The van der Waals surface area contributed by atoms with Crippen LogP contribution in [0.15, 0.2) is 42.5 Å². The third kappa shape index (κ3) is 4.63.